The monoisotopic (exact) mass is 556 g/mol. The normalized spacial score (nSPS) is 35.2. The van der Waals surface area contributed by atoms with Crippen molar-refractivity contribution in [2.75, 3.05) is 0 Å². The highest BCUT2D eigenvalue weighted by molar-refractivity contribution is 5.79. The molecule has 4 rings (SSSR count). The lowest BCUT2D eigenvalue weighted by molar-refractivity contribution is -0.164. The summed E-state index contributed by atoms with van der Waals surface area (Å²) in [6.45, 7) is 7.26. The smallest absolute Gasteiger partial charge is 0.306 e. The summed E-state index contributed by atoms with van der Waals surface area (Å²) < 4.78 is 6.24. The van der Waals surface area contributed by atoms with Crippen LogP contribution in [0.1, 0.15) is 181 Å². The third-order valence-electron chi connectivity index (χ3n) is 12.7. The predicted molar refractivity (Wildman–Crippen MR) is 166 cm³/mol. The second-order valence-electron chi connectivity index (χ2n) is 15.2. The molecule has 4 aliphatic carbocycles. The van der Waals surface area contributed by atoms with Gasteiger partial charge in [0.15, 0.2) is 0 Å². The van der Waals surface area contributed by atoms with Crippen molar-refractivity contribution < 1.29 is 14.3 Å². The van der Waals surface area contributed by atoms with E-state index in [1.54, 1.807) is 0 Å². The Morgan fingerprint density at radius 3 is 1.90 bits per heavy atom. The van der Waals surface area contributed by atoms with Gasteiger partial charge < -0.3 is 4.74 Å². The van der Waals surface area contributed by atoms with Crippen LogP contribution in [0.4, 0.5) is 0 Å². The number of ketones is 1. The van der Waals surface area contributed by atoms with E-state index in [0.717, 1.165) is 43.9 Å². The zero-order valence-corrected chi connectivity index (χ0v) is 26.8. The van der Waals surface area contributed by atoms with Gasteiger partial charge >= 0.3 is 5.97 Å². The molecule has 3 unspecified atom stereocenters. The summed E-state index contributed by atoms with van der Waals surface area (Å²) >= 11 is 0. The molecule has 3 nitrogen and oxygen atoms in total. The van der Waals surface area contributed by atoms with Gasteiger partial charge in [-0.2, -0.15) is 0 Å². The Balaban J connectivity index is 1.06. The van der Waals surface area contributed by atoms with E-state index in [0.29, 0.717) is 29.5 Å². The lowest BCUT2D eigenvalue weighted by atomic mass is 9.45. The quantitative estimate of drug-likeness (QED) is 0.132. The van der Waals surface area contributed by atoms with Crippen LogP contribution in [0.15, 0.2) is 0 Å². The van der Waals surface area contributed by atoms with E-state index in [1.165, 1.54) is 122 Å². The van der Waals surface area contributed by atoms with Crippen molar-refractivity contribution in [3.8, 4) is 0 Å². The Bertz CT molecular complexity index is 790. The molecule has 0 aliphatic heterocycles. The molecule has 0 radical (unpaired) electrons. The van der Waals surface area contributed by atoms with Gasteiger partial charge in [-0.05, 0) is 80.5 Å². The second kappa shape index (κ2) is 15.6. The molecule has 0 aromatic rings. The molecule has 4 aliphatic rings. The molecule has 0 bridgehead atoms. The Morgan fingerprint density at radius 2 is 1.27 bits per heavy atom. The molecule has 4 fully saturated rings. The van der Waals surface area contributed by atoms with E-state index in [2.05, 4.69) is 20.8 Å². The second-order valence-corrected chi connectivity index (χ2v) is 15.2. The van der Waals surface area contributed by atoms with Crippen molar-refractivity contribution in [2.45, 2.75) is 187 Å². The standard InChI is InChI=1S/C37H64O3/c1-4-5-6-7-8-9-10-11-12-13-14-15-16-17-18-19-35(39)40-34-23-22-32-31-21-20-29-28-30(38)24-26-36(29,2)33(31)25-27-37(32,34)3/h29,31-34H,4-28H2,1-3H3/t29-,31?,32?,33?,34-,36-,37-/m0/s1. The lowest BCUT2D eigenvalue weighted by Gasteiger charge is -2.60. The van der Waals surface area contributed by atoms with Gasteiger partial charge in [-0.25, -0.2) is 0 Å². The summed E-state index contributed by atoms with van der Waals surface area (Å²) in [6, 6.07) is 0. The number of hydrogen-bond acceptors (Lipinski definition) is 3. The minimum Gasteiger partial charge on any atom is -0.462 e. The van der Waals surface area contributed by atoms with E-state index in [1.807, 2.05) is 0 Å². The first kappa shape index (κ1) is 32.1. The number of hydrogen-bond donors (Lipinski definition) is 0. The number of ether oxygens (including phenoxy) is 1. The maximum Gasteiger partial charge on any atom is 0.306 e. The predicted octanol–water partition coefficient (Wildman–Crippen LogP) is 10.8. The Labute approximate surface area is 247 Å². The maximum absolute atomic E-state index is 12.8. The van der Waals surface area contributed by atoms with Gasteiger partial charge in [-0.1, -0.05) is 111 Å². The summed E-state index contributed by atoms with van der Waals surface area (Å²) in [5, 5.41) is 0. The van der Waals surface area contributed by atoms with Crippen LogP contribution in [0.2, 0.25) is 0 Å². The number of fused-ring (bicyclic) bond motifs is 5. The SMILES string of the molecule is CCCCCCCCCCCCCCCCCC(=O)O[C@H]1CCC2C3CC[C@H]4CC(=O)CC[C@]4(C)C3CC[C@@]21C. The Morgan fingerprint density at radius 1 is 0.700 bits per heavy atom. The summed E-state index contributed by atoms with van der Waals surface area (Å²) in [5.41, 5.74) is 0.528. The molecule has 0 spiro atoms. The first-order valence-corrected chi connectivity index (χ1v) is 18.1. The van der Waals surface area contributed by atoms with Crippen molar-refractivity contribution in [2.24, 2.45) is 34.5 Å². The summed E-state index contributed by atoms with van der Waals surface area (Å²) in [6.07, 6.45) is 31.0. The molecule has 0 aromatic heterocycles. The van der Waals surface area contributed by atoms with Gasteiger partial charge in [0.1, 0.15) is 11.9 Å². The molecule has 0 aromatic carbocycles. The summed E-state index contributed by atoms with van der Waals surface area (Å²) in [4.78, 5) is 25.0. The zero-order chi connectivity index (χ0) is 28.4. The van der Waals surface area contributed by atoms with Crippen LogP contribution in [-0.4, -0.2) is 17.9 Å². The molecule has 0 amide bonds. The van der Waals surface area contributed by atoms with Gasteiger partial charge in [0.25, 0.3) is 0 Å². The largest absolute Gasteiger partial charge is 0.462 e. The third kappa shape index (κ3) is 7.94. The van der Waals surface area contributed by atoms with E-state index in [9.17, 15) is 9.59 Å². The van der Waals surface area contributed by atoms with Crippen molar-refractivity contribution >= 4 is 11.8 Å². The molecule has 40 heavy (non-hydrogen) atoms. The molecular weight excluding hydrogens is 492 g/mol. The van der Waals surface area contributed by atoms with Gasteiger partial charge in [0.2, 0.25) is 0 Å². The maximum atomic E-state index is 12.8. The van der Waals surface area contributed by atoms with E-state index in [-0.39, 0.29) is 17.5 Å². The molecule has 3 heteroatoms. The number of Topliss-reactive ketones (excluding diaryl/α,β-unsaturated/α-hetero) is 1. The number of rotatable bonds is 17. The summed E-state index contributed by atoms with van der Waals surface area (Å²) in [5.74, 6) is 3.42. The molecule has 0 heterocycles. The third-order valence-corrected chi connectivity index (χ3v) is 12.7. The van der Waals surface area contributed by atoms with Crippen LogP contribution >= 0.6 is 0 Å². The minimum atomic E-state index is 0.0603. The Kier molecular flexibility index (Phi) is 12.5. The topological polar surface area (TPSA) is 43.4 Å². The number of carbonyl (C=O) groups is 2. The molecule has 0 saturated heterocycles. The van der Waals surface area contributed by atoms with Crippen LogP contribution in [0, 0.1) is 34.5 Å². The number of esters is 1. The molecule has 230 valence electrons. The highest BCUT2D eigenvalue weighted by Crippen LogP contribution is 2.66. The van der Waals surface area contributed by atoms with Crippen molar-refractivity contribution in [1.82, 2.24) is 0 Å². The lowest BCUT2D eigenvalue weighted by Crippen LogP contribution is -2.54. The zero-order valence-electron chi connectivity index (χ0n) is 26.8. The van der Waals surface area contributed by atoms with E-state index < -0.39 is 0 Å². The fourth-order valence-electron chi connectivity index (χ4n) is 10.0. The van der Waals surface area contributed by atoms with Crippen LogP contribution < -0.4 is 0 Å². The van der Waals surface area contributed by atoms with Crippen molar-refractivity contribution in [3.63, 3.8) is 0 Å². The molecule has 7 atom stereocenters. The van der Waals surface area contributed by atoms with Crippen molar-refractivity contribution in [1.29, 1.82) is 0 Å². The first-order valence-electron chi connectivity index (χ1n) is 18.1. The fraction of sp³-hybridized carbons (Fsp3) is 0.946. The highest BCUT2D eigenvalue weighted by atomic mass is 16.5. The van der Waals surface area contributed by atoms with Crippen LogP contribution in [0.5, 0.6) is 0 Å². The fourth-order valence-corrected chi connectivity index (χ4v) is 10.0. The Hall–Kier alpha value is -0.860. The number of unbranched alkanes of at least 4 members (excludes halogenated alkanes) is 14. The molecular formula is C37H64O3. The van der Waals surface area contributed by atoms with E-state index in [4.69, 9.17) is 4.74 Å². The van der Waals surface area contributed by atoms with Crippen LogP contribution in [-0.2, 0) is 14.3 Å². The number of carbonyl (C=O) groups excluding carboxylic acids is 2. The molecule has 0 N–H and O–H groups in total. The average Bonchev–Trinajstić information content (AvgIpc) is 3.27. The van der Waals surface area contributed by atoms with Crippen LogP contribution in [0.25, 0.3) is 0 Å². The van der Waals surface area contributed by atoms with Gasteiger partial charge in [-0.15, -0.1) is 0 Å². The highest BCUT2D eigenvalue weighted by Gasteiger charge is 2.61. The first-order chi connectivity index (χ1) is 19.4. The van der Waals surface area contributed by atoms with Gasteiger partial charge in [0, 0.05) is 24.7 Å². The summed E-state index contributed by atoms with van der Waals surface area (Å²) in [7, 11) is 0. The van der Waals surface area contributed by atoms with Crippen LogP contribution in [0.3, 0.4) is 0 Å². The van der Waals surface area contributed by atoms with Crippen molar-refractivity contribution in [3.05, 3.63) is 0 Å². The van der Waals surface area contributed by atoms with E-state index >= 15 is 0 Å². The minimum absolute atomic E-state index is 0.0603. The van der Waals surface area contributed by atoms with Gasteiger partial charge in [0.05, 0.1) is 0 Å². The molecule has 4 saturated carbocycles. The van der Waals surface area contributed by atoms with Gasteiger partial charge in [-0.3, -0.25) is 9.59 Å². The average molecular weight is 557 g/mol.